The molecule has 2 heterocycles. The average Bonchev–Trinajstić information content (AvgIpc) is 2.40. The molecule has 17 heavy (non-hydrogen) atoms. The molecule has 3 atom stereocenters. The van der Waals surface area contributed by atoms with Crippen LogP contribution in [0.3, 0.4) is 0 Å². The van der Waals surface area contributed by atoms with Crippen molar-refractivity contribution >= 4 is 0 Å². The minimum atomic E-state index is 0.369. The standard InChI is InChI=1S/C13H26N2O2/c1-3-11-8-15(12(4-2)7-14-11)9-13-5-6-16-10-17-13/h11-14H,3-10H2,1-2H3. The molecule has 0 aromatic rings. The van der Waals surface area contributed by atoms with Gasteiger partial charge in [-0.25, -0.2) is 0 Å². The van der Waals surface area contributed by atoms with E-state index in [0.717, 1.165) is 32.7 Å². The molecule has 0 aliphatic carbocycles. The van der Waals surface area contributed by atoms with E-state index < -0.39 is 0 Å². The van der Waals surface area contributed by atoms with Crippen LogP contribution in [0.5, 0.6) is 0 Å². The van der Waals surface area contributed by atoms with E-state index in [2.05, 4.69) is 24.1 Å². The second-order valence-electron chi connectivity index (χ2n) is 5.13. The second kappa shape index (κ2) is 6.69. The SMILES string of the molecule is CCC1CN(CC2CCOCO2)C(CC)CN1. The third-order valence-corrected chi connectivity index (χ3v) is 3.99. The molecule has 0 radical (unpaired) electrons. The zero-order chi connectivity index (χ0) is 12.1. The fourth-order valence-electron chi connectivity index (χ4n) is 2.74. The second-order valence-corrected chi connectivity index (χ2v) is 5.13. The summed E-state index contributed by atoms with van der Waals surface area (Å²) >= 11 is 0. The van der Waals surface area contributed by atoms with E-state index in [-0.39, 0.29) is 0 Å². The van der Waals surface area contributed by atoms with Crippen LogP contribution in [0.15, 0.2) is 0 Å². The lowest BCUT2D eigenvalue weighted by atomic mass is 10.0. The largest absolute Gasteiger partial charge is 0.355 e. The third-order valence-electron chi connectivity index (χ3n) is 3.99. The van der Waals surface area contributed by atoms with Crippen LogP contribution in [0.4, 0.5) is 0 Å². The molecule has 0 amide bonds. The number of hydrogen-bond donors (Lipinski definition) is 1. The Kier molecular flexibility index (Phi) is 5.22. The summed E-state index contributed by atoms with van der Waals surface area (Å²) in [7, 11) is 0. The van der Waals surface area contributed by atoms with Crippen LogP contribution in [-0.4, -0.2) is 56.1 Å². The molecule has 4 heteroatoms. The van der Waals surface area contributed by atoms with Crippen LogP contribution in [0.2, 0.25) is 0 Å². The van der Waals surface area contributed by atoms with Crippen LogP contribution in [0.25, 0.3) is 0 Å². The van der Waals surface area contributed by atoms with Gasteiger partial charge in [-0.2, -0.15) is 0 Å². The van der Waals surface area contributed by atoms with E-state index in [1.807, 2.05) is 0 Å². The minimum absolute atomic E-state index is 0.369. The molecule has 0 aromatic carbocycles. The topological polar surface area (TPSA) is 33.7 Å². The summed E-state index contributed by atoms with van der Waals surface area (Å²) in [5.74, 6) is 0. The molecule has 2 saturated heterocycles. The van der Waals surface area contributed by atoms with Gasteiger partial charge in [0.25, 0.3) is 0 Å². The van der Waals surface area contributed by atoms with Crippen LogP contribution in [-0.2, 0) is 9.47 Å². The molecule has 0 spiro atoms. The highest BCUT2D eigenvalue weighted by Gasteiger charge is 2.28. The van der Waals surface area contributed by atoms with E-state index in [1.54, 1.807) is 0 Å². The lowest BCUT2D eigenvalue weighted by Crippen LogP contribution is -2.58. The fourth-order valence-corrected chi connectivity index (χ4v) is 2.74. The summed E-state index contributed by atoms with van der Waals surface area (Å²) in [5, 5.41) is 3.63. The zero-order valence-electron chi connectivity index (χ0n) is 11.2. The number of rotatable bonds is 4. The van der Waals surface area contributed by atoms with Crippen LogP contribution >= 0.6 is 0 Å². The highest BCUT2D eigenvalue weighted by molar-refractivity contribution is 4.86. The Morgan fingerprint density at radius 3 is 2.82 bits per heavy atom. The normalized spacial score (nSPS) is 36.0. The highest BCUT2D eigenvalue weighted by Crippen LogP contribution is 2.16. The summed E-state index contributed by atoms with van der Waals surface area (Å²) in [6, 6.07) is 1.32. The highest BCUT2D eigenvalue weighted by atomic mass is 16.7. The molecule has 3 unspecified atom stereocenters. The lowest BCUT2D eigenvalue weighted by Gasteiger charge is -2.42. The molecule has 100 valence electrons. The van der Waals surface area contributed by atoms with E-state index in [0.29, 0.717) is 25.0 Å². The van der Waals surface area contributed by atoms with Gasteiger partial charge < -0.3 is 14.8 Å². The molecule has 0 bridgehead atoms. The molecular formula is C13H26N2O2. The summed E-state index contributed by atoms with van der Waals surface area (Å²) in [5.41, 5.74) is 0. The molecule has 2 aliphatic rings. The Morgan fingerprint density at radius 1 is 1.29 bits per heavy atom. The van der Waals surface area contributed by atoms with E-state index in [1.165, 1.54) is 12.8 Å². The first kappa shape index (κ1) is 13.3. The minimum Gasteiger partial charge on any atom is -0.355 e. The van der Waals surface area contributed by atoms with Crippen molar-refractivity contribution in [1.29, 1.82) is 0 Å². The van der Waals surface area contributed by atoms with Crippen molar-refractivity contribution < 1.29 is 9.47 Å². The maximum absolute atomic E-state index is 5.66. The summed E-state index contributed by atoms with van der Waals surface area (Å²) in [6.07, 6.45) is 3.83. The Bertz CT molecular complexity index is 219. The first-order chi connectivity index (χ1) is 8.33. The Balaban J connectivity index is 1.85. The van der Waals surface area contributed by atoms with Gasteiger partial charge in [0.1, 0.15) is 6.79 Å². The van der Waals surface area contributed by atoms with Crippen molar-refractivity contribution in [3.8, 4) is 0 Å². The first-order valence-corrected chi connectivity index (χ1v) is 7.00. The maximum Gasteiger partial charge on any atom is 0.147 e. The monoisotopic (exact) mass is 242 g/mol. The molecule has 0 saturated carbocycles. The summed E-state index contributed by atoms with van der Waals surface area (Å²) in [4.78, 5) is 2.61. The Morgan fingerprint density at radius 2 is 2.18 bits per heavy atom. The number of hydrogen-bond acceptors (Lipinski definition) is 4. The van der Waals surface area contributed by atoms with Gasteiger partial charge in [-0.3, -0.25) is 4.90 Å². The van der Waals surface area contributed by atoms with Crippen molar-refractivity contribution in [2.75, 3.05) is 33.0 Å². The number of nitrogens with one attached hydrogen (secondary N) is 1. The predicted molar refractivity (Wildman–Crippen MR) is 68.0 cm³/mol. The van der Waals surface area contributed by atoms with Gasteiger partial charge in [-0.15, -0.1) is 0 Å². The van der Waals surface area contributed by atoms with Crippen molar-refractivity contribution in [3.63, 3.8) is 0 Å². The van der Waals surface area contributed by atoms with Gasteiger partial charge in [0.2, 0.25) is 0 Å². The molecule has 0 aromatic heterocycles. The molecule has 2 rings (SSSR count). The van der Waals surface area contributed by atoms with Crippen LogP contribution < -0.4 is 5.32 Å². The van der Waals surface area contributed by atoms with Crippen LogP contribution in [0, 0.1) is 0 Å². The zero-order valence-corrected chi connectivity index (χ0v) is 11.2. The molecular weight excluding hydrogens is 216 g/mol. The molecule has 2 aliphatic heterocycles. The maximum atomic E-state index is 5.66. The van der Waals surface area contributed by atoms with Gasteiger partial charge in [0, 0.05) is 31.7 Å². The lowest BCUT2D eigenvalue weighted by molar-refractivity contribution is -0.147. The van der Waals surface area contributed by atoms with E-state index in [9.17, 15) is 0 Å². The quantitative estimate of drug-likeness (QED) is 0.803. The molecule has 4 nitrogen and oxygen atoms in total. The van der Waals surface area contributed by atoms with Crippen molar-refractivity contribution in [1.82, 2.24) is 10.2 Å². The number of nitrogens with zero attached hydrogens (tertiary/aromatic N) is 1. The van der Waals surface area contributed by atoms with Crippen molar-refractivity contribution in [2.45, 2.75) is 51.3 Å². The molecule has 2 fully saturated rings. The Labute approximate surface area is 105 Å². The average molecular weight is 242 g/mol. The van der Waals surface area contributed by atoms with E-state index >= 15 is 0 Å². The summed E-state index contributed by atoms with van der Waals surface area (Å²) < 4.78 is 10.9. The van der Waals surface area contributed by atoms with Crippen molar-refractivity contribution in [3.05, 3.63) is 0 Å². The van der Waals surface area contributed by atoms with Crippen molar-refractivity contribution in [2.24, 2.45) is 0 Å². The Hall–Kier alpha value is -0.160. The van der Waals surface area contributed by atoms with Gasteiger partial charge >= 0.3 is 0 Å². The van der Waals surface area contributed by atoms with Gasteiger partial charge in [-0.1, -0.05) is 13.8 Å². The van der Waals surface area contributed by atoms with Crippen LogP contribution in [0.1, 0.15) is 33.1 Å². The van der Waals surface area contributed by atoms with Gasteiger partial charge in [-0.05, 0) is 19.3 Å². The molecule has 1 N–H and O–H groups in total. The predicted octanol–water partition coefficient (Wildman–Crippen LogP) is 1.21. The van der Waals surface area contributed by atoms with Gasteiger partial charge in [0.05, 0.1) is 12.7 Å². The summed E-state index contributed by atoms with van der Waals surface area (Å²) in [6.45, 7) is 9.22. The fraction of sp³-hybridized carbons (Fsp3) is 1.00. The van der Waals surface area contributed by atoms with Gasteiger partial charge in [0.15, 0.2) is 0 Å². The smallest absolute Gasteiger partial charge is 0.147 e. The van der Waals surface area contributed by atoms with E-state index in [4.69, 9.17) is 9.47 Å². The number of piperazine rings is 1. The first-order valence-electron chi connectivity index (χ1n) is 7.00. The number of ether oxygens (including phenoxy) is 2. The third kappa shape index (κ3) is 3.65.